The van der Waals surface area contributed by atoms with Gasteiger partial charge in [-0.3, -0.25) is 0 Å². The zero-order chi connectivity index (χ0) is 18.3. The van der Waals surface area contributed by atoms with Gasteiger partial charge >= 0.3 is 6.18 Å². The number of nitrogens with zero attached hydrogens (tertiary/aromatic N) is 5. The highest BCUT2D eigenvalue weighted by Crippen LogP contribution is 2.29. The summed E-state index contributed by atoms with van der Waals surface area (Å²) in [6.45, 7) is 3.26. The molecule has 4 rings (SSSR count). The van der Waals surface area contributed by atoms with Gasteiger partial charge in [0.15, 0.2) is 5.82 Å². The van der Waals surface area contributed by atoms with Crippen LogP contribution in [0.5, 0.6) is 0 Å². The van der Waals surface area contributed by atoms with Crippen molar-refractivity contribution in [1.82, 2.24) is 24.9 Å². The molecule has 0 radical (unpaired) electrons. The van der Waals surface area contributed by atoms with Crippen LogP contribution in [0.25, 0.3) is 11.0 Å². The number of aromatic amines is 1. The molecule has 3 aromatic rings. The number of nitrogens with one attached hydrogen (secondary N) is 2. The zero-order valence-corrected chi connectivity index (χ0v) is 13.9. The smallest absolute Gasteiger partial charge is 0.354 e. The van der Waals surface area contributed by atoms with Crippen molar-refractivity contribution in [2.45, 2.75) is 25.6 Å². The van der Waals surface area contributed by atoms with Crippen LogP contribution in [0, 0.1) is 6.92 Å². The van der Waals surface area contributed by atoms with Crippen molar-refractivity contribution in [3.05, 3.63) is 36.0 Å². The van der Waals surface area contributed by atoms with Crippen LogP contribution in [0.15, 0.2) is 24.7 Å². The molecule has 1 unspecified atom stereocenters. The number of alkyl halides is 3. The fourth-order valence-electron chi connectivity index (χ4n) is 3.14. The van der Waals surface area contributed by atoms with E-state index in [1.165, 1.54) is 6.33 Å². The van der Waals surface area contributed by atoms with Gasteiger partial charge in [-0.2, -0.15) is 13.2 Å². The van der Waals surface area contributed by atoms with Crippen molar-refractivity contribution < 1.29 is 13.2 Å². The molecule has 7 nitrogen and oxygen atoms in total. The van der Waals surface area contributed by atoms with Crippen LogP contribution in [0.4, 0.5) is 24.9 Å². The van der Waals surface area contributed by atoms with Gasteiger partial charge in [-0.1, -0.05) is 0 Å². The monoisotopic (exact) mass is 363 g/mol. The molecule has 0 aromatic carbocycles. The van der Waals surface area contributed by atoms with Crippen molar-refractivity contribution in [2.24, 2.45) is 0 Å². The molecule has 1 fully saturated rings. The number of rotatable bonds is 3. The van der Waals surface area contributed by atoms with Crippen LogP contribution < -0.4 is 10.2 Å². The Labute approximate surface area is 146 Å². The van der Waals surface area contributed by atoms with Gasteiger partial charge in [-0.15, -0.1) is 0 Å². The predicted molar refractivity (Wildman–Crippen MR) is 89.9 cm³/mol. The second-order valence-corrected chi connectivity index (χ2v) is 6.25. The van der Waals surface area contributed by atoms with E-state index in [-0.39, 0.29) is 12.0 Å². The van der Waals surface area contributed by atoms with E-state index in [2.05, 4.69) is 35.1 Å². The SMILES string of the molecule is Cc1cc2ncnc(N3CCC(Nc4nccc(C(F)(F)F)n4)C3)c2[nH]1. The molecule has 2 N–H and O–H groups in total. The minimum Gasteiger partial charge on any atom is -0.354 e. The van der Waals surface area contributed by atoms with Gasteiger partial charge in [-0.05, 0) is 25.5 Å². The Morgan fingerprint density at radius 1 is 1.27 bits per heavy atom. The largest absolute Gasteiger partial charge is 0.433 e. The van der Waals surface area contributed by atoms with Gasteiger partial charge in [0.2, 0.25) is 5.95 Å². The highest BCUT2D eigenvalue weighted by Gasteiger charge is 2.33. The molecule has 1 aliphatic rings. The first-order valence-electron chi connectivity index (χ1n) is 8.12. The molecule has 10 heteroatoms. The van der Waals surface area contributed by atoms with Crippen molar-refractivity contribution >= 4 is 22.8 Å². The van der Waals surface area contributed by atoms with Gasteiger partial charge in [-0.25, -0.2) is 19.9 Å². The van der Waals surface area contributed by atoms with Gasteiger partial charge in [0, 0.05) is 31.0 Å². The molecule has 4 heterocycles. The number of fused-ring (bicyclic) bond motifs is 1. The molecule has 26 heavy (non-hydrogen) atoms. The van der Waals surface area contributed by atoms with Crippen LogP contribution in [0.1, 0.15) is 17.8 Å². The summed E-state index contributed by atoms with van der Waals surface area (Å²) >= 11 is 0. The molecule has 0 spiro atoms. The number of hydrogen-bond donors (Lipinski definition) is 2. The van der Waals surface area contributed by atoms with Gasteiger partial charge in [0.1, 0.15) is 17.5 Å². The number of anilines is 2. The predicted octanol–water partition coefficient (Wildman–Crippen LogP) is 2.77. The number of hydrogen-bond acceptors (Lipinski definition) is 6. The molecule has 0 aliphatic carbocycles. The summed E-state index contributed by atoms with van der Waals surface area (Å²) in [4.78, 5) is 21.4. The van der Waals surface area contributed by atoms with Crippen LogP contribution in [-0.4, -0.2) is 44.1 Å². The third-order valence-electron chi connectivity index (χ3n) is 4.30. The van der Waals surface area contributed by atoms with Crippen LogP contribution >= 0.6 is 0 Å². The second kappa shape index (κ2) is 6.11. The lowest BCUT2D eigenvalue weighted by Gasteiger charge is -2.18. The summed E-state index contributed by atoms with van der Waals surface area (Å²) in [5.74, 6) is 0.771. The van der Waals surface area contributed by atoms with Crippen molar-refractivity contribution in [3.8, 4) is 0 Å². The highest BCUT2D eigenvalue weighted by atomic mass is 19.4. The Morgan fingerprint density at radius 2 is 2.12 bits per heavy atom. The topological polar surface area (TPSA) is 82.6 Å². The van der Waals surface area contributed by atoms with E-state index >= 15 is 0 Å². The zero-order valence-electron chi connectivity index (χ0n) is 13.9. The molecular formula is C16H16F3N7. The van der Waals surface area contributed by atoms with E-state index in [9.17, 15) is 13.2 Å². The summed E-state index contributed by atoms with van der Waals surface area (Å²) in [5, 5.41) is 2.99. The van der Waals surface area contributed by atoms with Gasteiger partial charge in [0.25, 0.3) is 0 Å². The van der Waals surface area contributed by atoms with Crippen molar-refractivity contribution in [3.63, 3.8) is 0 Å². The van der Waals surface area contributed by atoms with E-state index in [1.807, 2.05) is 13.0 Å². The third kappa shape index (κ3) is 3.14. The first kappa shape index (κ1) is 16.6. The maximum atomic E-state index is 12.8. The molecular weight excluding hydrogens is 347 g/mol. The van der Waals surface area contributed by atoms with E-state index in [1.54, 1.807) is 0 Å². The molecule has 0 amide bonds. The molecule has 1 saturated heterocycles. The summed E-state index contributed by atoms with van der Waals surface area (Å²) in [6.07, 6.45) is -1.12. The normalized spacial score (nSPS) is 17.8. The van der Waals surface area contributed by atoms with Crippen LogP contribution in [0.2, 0.25) is 0 Å². The number of aryl methyl sites for hydroxylation is 1. The molecule has 0 bridgehead atoms. The minimum absolute atomic E-state index is 0.0183. The fourth-order valence-corrected chi connectivity index (χ4v) is 3.14. The lowest BCUT2D eigenvalue weighted by atomic mass is 10.3. The average Bonchev–Trinajstić information content (AvgIpc) is 3.19. The summed E-state index contributed by atoms with van der Waals surface area (Å²) in [7, 11) is 0. The molecule has 136 valence electrons. The van der Waals surface area contributed by atoms with Crippen molar-refractivity contribution in [1.29, 1.82) is 0 Å². The van der Waals surface area contributed by atoms with E-state index in [0.29, 0.717) is 6.54 Å². The number of H-pyrrole nitrogens is 1. The van der Waals surface area contributed by atoms with Gasteiger partial charge in [0.05, 0.1) is 5.52 Å². The molecule has 1 atom stereocenters. The number of halogens is 3. The summed E-state index contributed by atoms with van der Waals surface area (Å²) in [6, 6.07) is 2.74. The van der Waals surface area contributed by atoms with E-state index in [0.717, 1.165) is 47.8 Å². The Hall–Kier alpha value is -2.91. The van der Waals surface area contributed by atoms with E-state index < -0.39 is 11.9 Å². The van der Waals surface area contributed by atoms with Crippen LogP contribution in [-0.2, 0) is 6.18 Å². The summed E-state index contributed by atoms with van der Waals surface area (Å²) in [5.41, 5.74) is 1.74. The van der Waals surface area contributed by atoms with Crippen molar-refractivity contribution in [2.75, 3.05) is 23.3 Å². The number of aromatic nitrogens is 5. The standard InChI is InChI=1S/C16H16F3N7/c1-9-6-11-13(23-9)14(22-8-21-11)26-5-3-10(7-26)24-15-20-4-2-12(25-15)16(17,18)19/h2,4,6,8,10,23H,3,5,7H2,1H3,(H,20,24,25). The maximum Gasteiger partial charge on any atom is 0.433 e. The Balaban J connectivity index is 1.50. The summed E-state index contributed by atoms with van der Waals surface area (Å²) < 4.78 is 38.3. The third-order valence-corrected chi connectivity index (χ3v) is 4.30. The lowest BCUT2D eigenvalue weighted by molar-refractivity contribution is -0.141. The average molecular weight is 363 g/mol. The molecule has 0 saturated carbocycles. The Morgan fingerprint density at radius 3 is 2.92 bits per heavy atom. The lowest BCUT2D eigenvalue weighted by Crippen LogP contribution is -2.27. The highest BCUT2D eigenvalue weighted by molar-refractivity contribution is 5.86. The molecule has 3 aromatic heterocycles. The van der Waals surface area contributed by atoms with Crippen LogP contribution in [0.3, 0.4) is 0 Å². The minimum atomic E-state index is -4.49. The quantitative estimate of drug-likeness (QED) is 0.745. The first-order valence-corrected chi connectivity index (χ1v) is 8.12. The van der Waals surface area contributed by atoms with E-state index in [4.69, 9.17) is 0 Å². The fraction of sp³-hybridized carbons (Fsp3) is 0.375. The first-order chi connectivity index (χ1) is 12.4. The maximum absolute atomic E-state index is 12.8. The Bertz CT molecular complexity index is 937. The van der Waals surface area contributed by atoms with Gasteiger partial charge < -0.3 is 15.2 Å². The Kier molecular flexibility index (Phi) is 3.89. The molecule has 1 aliphatic heterocycles. The second-order valence-electron chi connectivity index (χ2n) is 6.25.